The smallest absolute Gasteiger partial charge is 0.224 e. The third-order valence-electron chi connectivity index (χ3n) is 5.03. The molecular formula is C18H28N2O. The number of nitrogens with two attached hydrogens (primary N) is 1. The van der Waals surface area contributed by atoms with Crippen LogP contribution in [0.4, 0.5) is 0 Å². The Bertz CT molecular complexity index is 438. The molecule has 2 rings (SSSR count). The second-order valence-corrected chi connectivity index (χ2v) is 6.40. The van der Waals surface area contributed by atoms with Gasteiger partial charge in [0.05, 0.1) is 5.92 Å². The van der Waals surface area contributed by atoms with E-state index in [-0.39, 0.29) is 11.8 Å². The van der Waals surface area contributed by atoms with Crippen LogP contribution in [-0.4, -0.2) is 19.0 Å². The fraction of sp³-hybridized carbons (Fsp3) is 0.611. The zero-order chi connectivity index (χ0) is 15.1. The summed E-state index contributed by atoms with van der Waals surface area (Å²) in [5.74, 6) is -0.0104. The molecular weight excluding hydrogens is 260 g/mol. The van der Waals surface area contributed by atoms with Crippen LogP contribution in [-0.2, 0) is 11.2 Å². The van der Waals surface area contributed by atoms with Crippen molar-refractivity contribution in [1.82, 2.24) is 5.32 Å². The molecule has 1 aromatic carbocycles. The molecule has 1 unspecified atom stereocenters. The molecule has 21 heavy (non-hydrogen) atoms. The van der Waals surface area contributed by atoms with Gasteiger partial charge < -0.3 is 11.1 Å². The minimum atomic E-state index is -0.122. The van der Waals surface area contributed by atoms with E-state index >= 15 is 0 Å². The molecule has 0 saturated heterocycles. The highest BCUT2D eigenvalue weighted by molar-refractivity contribution is 5.79. The number of carbonyl (C=O) groups excluding carboxylic acids is 1. The number of nitrogens with one attached hydrogen (secondary N) is 1. The zero-order valence-electron chi connectivity index (χ0n) is 13.1. The van der Waals surface area contributed by atoms with Crippen LogP contribution >= 0.6 is 0 Å². The third-order valence-corrected chi connectivity index (χ3v) is 5.03. The summed E-state index contributed by atoms with van der Waals surface area (Å²) < 4.78 is 0. The molecule has 1 atom stereocenters. The molecule has 0 bridgehead atoms. The monoisotopic (exact) mass is 288 g/mol. The number of benzene rings is 1. The van der Waals surface area contributed by atoms with Crippen LogP contribution < -0.4 is 11.1 Å². The van der Waals surface area contributed by atoms with Gasteiger partial charge in [-0.3, -0.25) is 4.79 Å². The lowest BCUT2D eigenvalue weighted by Gasteiger charge is -2.28. The number of hydrogen-bond acceptors (Lipinski definition) is 2. The molecule has 116 valence electrons. The van der Waals surface area contributed by atoms with Crippen molar-refractivity contribution in [3.63, 3.8) is 0 Å². The van der Waals surface area contributed by atoms with Gasteiger partial charge in [-0.15, -0.1) is 0 Å². The van der Waals surface area contributed by atoms with Gasteiger partial charge in [-0.2, -0.15) is 0 Å². The Morgan fingerprint density at radius 3 is 2.52 bits per heavy atom. The van der Waals surface area contributed by atoms with Gasteiger partial charge in [0.15, 0.2) is 0 Å². The van der Waals surface area contributed by atoms with Gasteiger partial charge in [-0.25, -0.2) is 0 Å². The van der Waals surface area contributed by atoms with E-state index in [1.165, 1.54) is 31.2 Å². The quantitative estimate of drug-likeness (QED) is 0.810. The maximum atomic E-state index is 12.4. The fourth-order valence-electron chi connectivity index (χ4n) is 3.38. The van der Waals surface area contributed by atoms with E-state index in [0.717, 1.165) is 19.4 Å². The van der Waals surface area contributed by atoms with Crippen molar-refractivity contribution in [2.75, 3.05) is 13.1 Å². The molecule has 1 aliphatic rings. The van der Waals surface area contributed by atoms with Crippen LogP contribution in [0, 0.1) is 11.3 Å². The number of carbonyl (C=O) groups is 1. The van der Waals surface area contributed by atoms with Gasteiger partial charge in [-0.05, 0) is 36.7 Å². The standard InChI is InChI=1S/C18H28N2O/c1-2-18(10-6-7-11-18)14-20-17(21)16(13-19)12-15-8-4-3-5-9-15/h3-5,8-9,16H,2,6-7,10-14,19H2,1H3,(H,20,21). The normalized spacial score (nSPS) is 18.4. The molecule has 0 heterocycles. The summed E-state index contributed by atoms with van der Waals surface area (Å²) >= 11 is 0. The maximum Gasteiger partial charge on any atom is 0.224 e. The maximum absolute atomic E-state index is 12.4. The summed E-state index contributed by atoms with van der Waals surface area (Å²) in [5.41, 5.74) is 7.32. The van der Waals surface area contributed by atoms with E-state index < -0.39 is 0 Å². The topological polar surface area (TPSA) is 55.1 Å². The van der Waals surface area contributed by atoms with Crippen molar-refractivity contribution in [1.29, 1.82) is 0 Å². The molecule has 3 nitrogen and oxygen atoms in total. The van der Waals surface area contributed by atoms with Gasteiger partial charge in [-0.1, -0.05) is 50.1 Å². The second kappa shape index (κ2) is 7.60. The first kappa shape index (κ1) is 16.0. The van der Waals surface area contributed by atoms with Crippen molar-refractivity contribution in [2.24, 2.45) is 17.1 Å². The molecule has 0 aromatic heterocycles. The minimum Gasteiger partial charge on any atom is -0.355 e. The minimum absolute atomic E-state index is 0.112. The van der Waals surface area contributed by atoms with Crippen molar-refractivity contribution >= 4 is 5.91 Å². The van der Waals surface area contributed by atoms with Crippen LogP contribution in [0.1, 0.15) is 44.6 Å². The molecule has 1 fully saturated rings. The first-order chi connectivity index (χ1) is 10.2. The van der Waals surface area contributed by atoms with Crippen molar-refractivity contribution in [2.45, 2.75) is 45.4 Å². The first-order valence-electron chi connectivity index (χ1n) is 8.21. The first-order valence-corrected chi connectivity index (χ1v) is 8.21. The van der Waals surface area contributed by atoms with E-state index in [9.17, 15) is 4.79 Å². The largest absolute Gasteiger partial charge is 0.355 e. The van der Waals surface area contributed by atoms with Crippen molar-refractivity contribution in [3.8, 4) is 0 Å². The fourth-order valence-corrected chi connectivity index (χ4v) is 3.38. The van der Waals surface area contributed by atoms with E-state index in [1.807, 2.05) is 18.2 Å². The van der Waals surface area contributed by atoms with Gasteiger partial charge in [0.25, 0.3) is 0 Å². The zero-order valence-corrected chi connectivity index (χ0v) is 13.1. The van der Waals surface area contributed by atoms with E-state index in [1.54, 1.807) is 0 Å². The molecule has 1 saturated carbocycles. The third kappa shape index (κ3) is 4.31. The Balaban J connectivity index is 1.88. The van der Waals surface area contributed by atoms with E-state index in [2.05, 4.69) is 24.4 Å². The Labute approximate surface area is 128 Å². The summed E-state index contributed by atoms with van der Waals surface area (Å²) in [5, 5.41) is 3.17. The summed E-state index contributed by atoms with van der Waals surface area (Å²) in [6.45, 7) is 3.45. The summed E-state index contributed by atoms with van der Waals surface area (Å²) in [6.07, 6.45) is 6.97. The molecule has 3 N–H and O–H groups in total. The van der Waals surface area contributed by atoms with Crippen LogP contribution in [0.3, 0.4) is 0 Å². The van der Waals surface area contributed by atoms with Crippen LogP contribution in [0.5, 0.6) is 0 Å². The predicted molar refractivity (Wildman–Crippen MR) is 86.9 cm³/mol. The van der Waals surface area contributed by atoms with Crippen molar-refractivity contribution in [3.05, 3.63) is 35.9 Å². The Morgan fingerprint density at radius 2 is 1.95 bits per heavy atom. The molecule has 1 amide bonds. The predicted octanol–water partition coefficient (Wildman–Crippen LogP) is 2.89. The molecule has 0 aliphatic heterocycles. The molecule has 1 aliphatic carbocycles. The Kier molecular flexibility index (Phi) is 5.80. The highest BCUT2D eigenvalue weighted by Crippen LogP contribution is 2.40. The number of rotatable bonds is 7. The van der Waals surface area contributed by atoms with Gasteiger partial charge in [0.1, 0.15) is 0 Å². The van der Waals surface area contributed by atoms with Crippen LogP contribution in [0.15, 0.2) is 30.3 Å². The Morgan fingerprint density at radius 1 is 1.29 bits per heavy atom. The highest BCUT2D eigenvalue weighted by Gasteiger charge is 2.32. The molecule has 0 spiro atoms. The van der Waals surface area contributed by atoms with Gasteiger partial charge in [0, 0.05) is 13.1 Å². The van der Waals surface area contributed by atoms with E-state index in [4.69, 9.17) is 5.73 Å². The summed E-state index contributed by atoms with van der Waals surface area (Å²) in [7, 11) is 0. The van der Waals surface area contributed by atoms with Gasteiger partial charge >= 0.3 is 0 Å². The second-order valence-electron chi connectivity index (χ2n) is 6.40. The summed E-state index contributed by atoms with van der Waals surface area (Å²) in [4.78, 5) is 12.4. The molecule has 1 aromatic rings. The Hall–Kier alpha value is -1.35. The average molecular weight is 288 g/mol. The lowest BCUT2D eigenvalue weighted by atomic mass is 9.83. The van der Waals surface area contributed by atoms with Gasteiger partial charge in [0.2, 0.25) is 5.91 Å². The van der Waals surface area contributed by atoms with Crippen molar-refractivity contribution < 1.29 is 4.79 Å². The SMILES string of the molecule is CCC1(CNC(=O)C(CN)Cc2ccccc2)CCCC1. The molecule has 3 heteroatoms. The average Bonchev–Trinajstić information content (AvgIpc) is 3.01. The van der Waals surface area contributed by atoms with Crippen LogP contribution in [0.25, 0.3) is 0 Å². The number of hydrogen-bond donors (Lipinski definition) is 2. The molecule has 0 radical (unpaired) electrons. The lowest BCUT2D eigenvalue weighted by molar-refractivity contribution is -0.125. The van der Waals surface area contributed by atoms with Crippen LogP contribution in [0.2, 0.25) is 0 Å². The number of amides is 1. The van der Waals surface area contributed by atoms with E-state index in [0.29, 0.717) is 12.0 Å². The highest BCUT2D eigenvalue weighted by atomic mass is 16.1. The summed E-state index contributed by atoms with van der Waals surface area (Å²) in [6, 6.07) is 10.1. The lowest BCUT2D eigenvalue weighted by Crippen LogP contribution is -2.41.